The van der Waals surface area contributed by atoms with Gasteiger partial charge in [0.2, 0.25) is 0 Å². The Balaban J connectivity index is 2.19. The number of hydrogen-bond acceptors (Lipinski definition) is 4. The maximum atomic E-state index is 6.46. The van der Waals surface area contributed by atoms with Crippen LogP contribution in [0.1, 0.15) is 30.9 Å². The number of benzene rings is 1. The molecule has 0 bridgehead atoms. The van der Waals surface area contributed by atoms with Crippen LogP contribution in [-0.4, -0.2) is 44.0 Å². The average molecular weight is 294 g/mol. The Labute approximate surface area is 126 Å². The standard InChI is InChI=1S/C16H26N2OS/c1-19-12-11-18-10-4-3-5-15(17)16(18)13-6-8-14(20-2)9-7-13/h6-9,15-16H,3-5,10-12,17H2,1-2H3. The highest BCUT2D eigenvalue weighted by Gasteiger charge is 2.28. The van der Waals surface area contributed by atoms with Gasteiger partial charge < -0.3 is 10.5 Å². The summed E-state index contributed by atoms with van der Waals surface area (Å²) < 4.78 is 5.26. The van der Waals surface area contributed by atoms with Gasteiger partial charge in [-0.1, -0.05) is 18.6 Å². The monoisotopic (exact) mass is 294 g/mol. The van der Waals surface area contributed by atoms with Crippen LogP contribution in [0, 0.1) is 0 Å². The summed E-state index contributed by atoms with van der Waals surface area (Å²) in [6.45, 7) is 2.84. The second kappa shape index (κ2) is 8.03. The molecule has 0 aliphatic carbocycles. The number of ether oxygens (including phenoxy) is 1. The van der Waals surface area contributed by atoms with Crippen LogP contribution in [-0.2, 0) is 4.74 Å². The second-order valence-corrected chi connectivity index (χ2v) is 6.29. The van der Waals surface area contributed by atoms with Crippen molar-refractivity contribution >= 4 is 11.8 Å². The van der Waals surface area contributed by atoms with Gasteiger partial charge in [0.05, 0.1) is 6.61 Å². The average Bonchev–Trinajstić information content (AvgIpc) is 2.67. The van der Waals surface area contributed by atoms with Gasteiger partial charge in [-0.2, -0.15) is 0 Å². The Morgan fingerprint density at radius 3 is 2.70 bits per heavy atom. The molecule has 2 N–H and O–H groups in total. The summed E-state index contributed by atoms with van der Waals surface area (Å²) in [6, 6.07) is 9.42. The fourth-order valence-electron chi connectivity index (χ4n) is 2.98. The highest BCUT2D eigenvalue weighted by Crippen LogP contribution is 2.30. The summed E-state index contributed by atoms with van der Waals surface area (Å²) in [5, 5.41) is 0. The van der Waals surface area contributed by atoms with E-state index in [1.54, 1.807) is 18.9 Å². The normalized spacial score (nSPS) is 24.6. The van der Waals surface area contributed by atoms with Gasteiger partial charge >= 0.3 is 0 Å². The summed E-state index contributed by atoms with van der Waals surface area (Å²) in [4.78, 5) is 3.80. The van der Waals surface area contributed by atoms with Crippen LogP contribution >= 0.6 is 11.8 Å². The van der Waals surface area contributed by atoms with E-state index in [-0.39, 0.29) is 6.04 Å². The molecule has 1 aromatic carbocycles. The minimum atomic E-state index is 0.217. The number of hydrogen-bond donors (Lipinski definition) is 1. The molecule has 4 heteroatoms. The zero-order chi connectivity index (χ0) is 14.4. The van der Waals surface area contributed by atoms with Crippen LogP contribution in [0.2, 0.25) is 0 Å². The molecule has 0 spiro atoms. The fraction of sp³-hybridized carbons (Fsp3) is 0.625. The molecule has 0 radical (unpaired) electrons. The van der Waals surface area contributed by atoms with E-state index in [1.165, 1.54) is 23.3 Å². The lowest BCUT2D eigenvalue weighted by atomic mass is 9.96. The van der Waals surface area contributed by atoms with Crippen LogP contribution in [0.3, 0.4) is 0 Å². The van der Waals surface area contributed by atoms with Crippen molar-refractivity contribution in [2.24, 2.45) is 5.73 Å². The van der Waals surface area contributed by atoms with Gasteiger partial charge in [0.1, 0.15) is 0 Å². The lowest BCUT2D eigenvalue weighted by Crippen LogP contribution is -2.41. The Hall–Kier alpha value is -0.550. The number of thioether (sulfide) groups is 1. The first-order valence-corrected chi connectivity index (χ1v) is 8.61. The van der Waals surface area contributed by atoms with Crippen LogP contribution in [0.5, 0.6) is 0 Å². The molecule has 1 aromatic rings. The van der Waals surface area contributed by atoms with Gasteiger partial charge in [-0.05, 0) is 43.3 Å². The second-order valence-electron chi connectivity index (χ2n) is 5.41. The van der Waals surface area contributed by atoms with Crippen molar-refractivity contribution in [3.63, 3.8) is 0 Å². The minimum absolute atomic E-state index is 0.217. The Morgan fingerprint density at radius 2 is 2.05 bits per heavy atom. The van der Waals surface area contributed by atoms with Crippen molar-refractivity contribution in [2.45, 2.75) is 36.2 Å². The quantitative estimate of drug-likeness (QED) is 0.848. The molecule has 0 saturated carbocycles. The molecular formula is C16H26N2OS. The first-order chi connectivity index (χ1) is 9.76. The summed E-state index contributed by atoms with van der Waals surface area (Å²) in [5.41, 5.74) is 7.80. The zero-order valence-corrected chi connectivity index (χ0v) is 13.4. The van der Waals surface area contributed by atoms with Crippen LogP contribution in [0.15, 0.2) is 29.2 Å². The van der Waals surface area contributed by atoms with Gasteiger partial charge in [-0.15, -0.1) is 11.8 Å². The molecule has 0 aromatic heterocycles. The third kappa shape index (κ3) is 3.98. The lowest BCUT2D eigenvalue weighted by molar-refractivity contribution is 0.115. The predicted molar refractivity (Wildman–Crippen MR) is 86.2 cm³/mol. The van der Waals surface area contributed by atoms with E-state index in [4.69, 9.17) is 10.5 Å². The predicted octanol–water partition coefficient (Wildman–Crippen LogP) is 2.91. The van der Waals surface area contributed by atoms with Crippen molar-refractivity contribution in [3.05, 3.63) is 29.8 Å². The topological polar surface area (TPSA) is 38.5 Å². The maximum Gasteiger partial charge on any atom is 0.0589 e. The first-order valence-electron chi connectivity index (χ1n) is 7.38. The van der Waals surface area contributed by atoms with Gasteiger partial charge in [0.25, 0.3) is 0 Å². The van der Waals surface area contributed by atoms with Gasteiger partial charge in [0, 0.05) is 30.6 Å². The molecule has 1 aliphatic rings. The van der Waals surface area contributed by atoms with Crippen molar-refractivity contribution in [1.29, 1.82) is 0 Å². The number of likely N-dealkylation sites (tertiary alicyclic amines) is 1. The van der Waals surface area contributed by atoms with Crippen molar-refractivity contribution in [1.82, 2.24) is 4.90 Å². The molecule has 20 heavy (non-hydrogen) atoms. The first kappa shape index (κ1) is 15.8. The number of nitrogens with two attached hydrogens (primary N) is 1. The smallest absolute Gasteiger partial charge is 0.0589 e. The van der Waals surface area contributed by atoms with Gasteiger partial charge in [-0.3, -0.25) is 4.90 Å². The van der Waals surface area contributed by atoms with Gasteiger partial charge in [-0.25, -0.2) is 0 Å². The van der Waals surface area contributed by atoms with Gasteiger partial charge in [0.15, 0.2) is 0 Å². The molecular weight excluding hydrogens is 268 g/mol. The van der Waals surface area contributed by atoms with Crippen LogP contribution in [0.4, 0.5) is 0 Å². The number of nitrogens with zero attached hydrogens (tertiary/aromatic N) is 1. The van der Waals surface area contributed by atoms with E-state index < -0.39 is 0 Å². The van der Waals surface area contributed by atoms with Crippen LogP contribution < -0.4 is 5.73 Å². The third-order valence-electron chi connectivity index (χ3n) is 4.07. The Kier molecular flexibility index (Phi) is 6.36. The largest absolute Gasteiger partial charge is 0.383 e. The zero-order valence-electron chi connectivity index (χ0n) is 12.5. The molecule has 1 fully saturated rings. The third-order valence-corrected chi connectivity index (χ3v) is 4.82. The summed E-state index contributed by atoms with van der Waals surface area (Å²) >= 11 is 1.78. The molecule has 1 aliphatic heterocycles. The maximum absolute atomic E-state index is 6.46. The number of methoxy groups -OCH3 is 1. The Morgan fingerprint density at radius 1 is 1.30 bits per heavy atom. The summed E-state index contributed by atoms with van der Waals surface area (Å²) in [7, 11) is 1.76. The molecule has 112 valence electrons. The molecule has 2 atom stereocenters. The molecule has 3 nitrogen and oxygen atoms in total. The SMILES string of the molecule is COCCN1CCCCC(N)C1c1ccc(SC)cc1. The van der Waals surface area contributed by atoms with E-state index in [2.05, 4.69) is 35.4 Å². The molecule has 2 rings (SSSR count). The molecule has 1 heterocycles. The molecule has 1 saturated heterocycles. The highest BCUT2D eigenvalue weighted by molar-refractivity contribution is 7.98. The van der Waals surface area contributed by atoms with Crippen LogP contribution in [0.25, 0.3) is 0 Å². The summed E-state index contributed by atoms with van der Waals surface area (Å²) in [5.74, 6) is 0. The minimum Gasteiger partial charge on any atom is -0.383 e. The van der Waals surface area contributed by atoms with Crippen molar-refractivity contribution in [3.8, 4) is 0 Å². The van der Waals surface area contributed by atoms with E-state index in [1.807, 2.05) is 0 Å². The number of rotatable bonds is 5. The molecule has 2 unspecified atom stereocenters. The fourth-order valence-corrected chi connectivity index (χ4v) is 3.39. The highest BCUT2D eigenvalue weighted by atomic mass is 32.2. The van der Waals surface area contributed by atoms with E-state index in [0.717, 1.165) is 26.1 Å². The summed E-state index contributed by atoms with van der Waals surface area (Å²) in [6.07, 6.45) is 5.68. The van der Waals surface area contributed by atoms with E-state index >= 15 is 0 Å². The Bertz CT molecular complexity index is 396. The van der Waals surface area contributed by atoms with Crippen molar-refractivity contribution in [2.75, 3.05) is 33.1 Å². The van der Waals surface area contributed by atoms with E-state index in [0.29, 0.717) is 6.04 Å². The van der Waals surface area contributed by atoms with E-state index in [9.17, 15) is 0 Å². The lowest BCUT2D eigenvalue weighted by Gasteiger charge is -2.33. The van der Waals surface area contributed by atoms with Crippen molar-refractivity contribution < 1.29 is 4.74 Å². The molecule has 0 amide bonds.